The van der Waals surface area contributed by atoms with Gasteiger partial charge in [-0.1, -0.05) is 6.07 Å². The Hall–Kier alpha value is -1.79. The first-order valence-corrected chi connectivity index (χ1v) is 6.63. The lowest BCUT2D eigenvalue weighted by atomic mass is 10.0. The van der Waals surface area contributed by atoms with Crippen molar-refractivity contribution in [2.45, 2.75) is 6.04 Å². The van der Waals surface area contributed by atoms with Gasteiger partial charge in [-0.25, -0.2) is 0 Å². The summed E-state index contributed by atoms with van der Waals surface area (Å²) in [5, 5.41) is 3.26. The Bertz CT molecular complexity index is 473. The van der Waals surface area contributed by atoms with Gasteiger partial charge < -0.3 is 20.5 Å². The number of rotatable bonds is 5. The number of amides is 1. The van der Waals surface area contributed by atoms with Crippen LogP contribution in [0.4, 0.5) is 0 Å². The fourth-order valence-electron chi connectivity index (χ4n) is 2.52. The first-order chi connectivity index (χ1) is 9.67. The maximum atomic E-state index is 11.8. The number of benzene rings is 1. The van der Waals surface area contributed by atoms with Crippen LogP contribution >= 0.6 is 0 Å². The Morgan fingerprint density at radius 1 is 1.25 bits per heavy atom. The van der Waals surface area contributed by atoms with Crippen LogP contribution in [0.25, 0.3) is 0 Å². The van der Waals surface area contributed by atoms with Crippen molar-refractivity contribution in [3.63, 3.8) is 0 Å². The minimum atomic E-state index is -0.433. The van der Waals surface area contributed by atoms with E-state index in [1.54, 1.807) is 20.3 Å². The van der Waals surface area contributed by atoms with Gasteiger partial charge in [0, 0.05) is 26.2 Å². The normalized spacial score (nSPS) is 17.5. The van der Waals surface area contributed by atoms with Crippen LogP contribution in [0.3, 0.4) is 0 Å². The fraction of sp³-hybridized carbons (Fsp3) is 0.500. The lowest BCUT2D eigenvalue weighted by Crippen LogP contribution is -2.48. The molecule has 1 fully saturated rings. The predicted octanol–water partition coefficient (Wildman–Crippen LogP) is 0.135. The molecule has 1 aromatic rings. The quantitative estimate of drug-likeness (QED) is 0.801. The molecule has 6 nitrogen and oxygen atoms in total. The summed E-state index contributed by atoms with van der Waals surface area (Å²) in [5.74, 6) is 0.894. The number of carbonyl (C=O) groups is 1. The molecule has 1 aliphatic heterocycles. The van der Waals surface area contributed by atoms with Gasteiger partial charge in [0.1, 0.15) is 6.04 Å². The number of nitrogens with zero attached hydrogens (tertiary/aromatic N) is 1. The van der Waals surface area contributed by atoms with Gasteiger partial charge in [0.15, 0.2) is 11.5 Å². The van der Waals surface area contributed by atoms with Crippen molar-refractivity contribution in [2.24, 2.45) is 5.73 Å². The molecule has 0 aliphatic carbocycles. The number of nitrogens with one attached hydrogen (secondary N) is 1. The van der Waals surface area contributed by atoms with Crippen molar-refractivity contribution in [3.05, 3.63) is 23.8 Å². The highest BCUT2D eigenvalue weighted by Gasteiger charge is 2.27. The van der Waals surface area contributed by atoms with Crippen LogP contribution in [0, 0.1) is 0 Å². The zero-order chi connectivity index (χ0) is 14.5. The molecule has 6 heteroatoms. The summed E-state index contributed by atoms with van der Waals surface area (Å²) in [4.78, 5) is 13.9. The number of piperazine rings is 1. The summed E-state index contributed by atoms with van der Waals surface area (Å²) in [7, 11) is 3.16. The second-order valence-corrected chi connectivity index (χ2v) is 4.71. The van der Waals surface area contributed by atoms with Gasteiger partial charge in [0.25, 0.3) is 0 Å². The zero-order valence-electron chi connectivity index (χ0n) is 11.9. The van der Waals surface area contributed by atoms with Crippen LogP contribution in [-0.2, 0) is 4.79 Å². The SMILES string of the molecule is COc1ccc(C(C(N)=O)N2CCNCC2)cc1OC. The van der Waals surface area contributed by atoms with Crippen LogP contribution < -0.4 is 20.5 Å². The van der Waals surface area contributed by atoms with Crippen LogP contribution in [0.1, 0.15) is 11.6 Å². The van der Waals surface area contributed by atoms with E-state index in [1.807, 2.05) is 12.1 Å². The number of hydrogen-bond donors (Lipinski definition) is 2. The van der Waals surface area contributed by atoms with E-state index in [4.69, 9.17) is 15.2 Å². The monoisotopic (exact) mass is 279 g/mol. The second-order valence-electron chi connectivity index (χ2n) is 4.71. The maximum absolute atomic E-state index is 11.8. The summed E-state index contributed by atoms with van der Waals surface area (Å²) in [6.45, 7) is 3.30. The van der Waals surface area contributed by atoms with Crippen LogP contribution in [0.15, 0.2) is 18.2 Å². The van der Waals surface area contributed by atoms with Crippen molar-refractivity contribution in [2.75, 3.05) is 40.4 Å². The van der Waals surface area contributed by atoms with E-state index in [-0.39, 0.29) is 5.91 Å². The van der Waals surface area contributed by atoms with E-state index in [0.29, 0.717) is 11.5 Å². The summed E-state index contributed by atoms with van der Waals surface area (Å²) < 4.78 is 10.5. The van der Waals surface area contributed by atoms with Crippen LogP contribution in [0.2, 0.25) is 0 Å². The van der Waals surface area contributed by atoms with Crippen molar-refractivity contribution in [3.8, 4) is 11.5 Å². The Morgan fingerprint density at radius 2 is 1.90 bits per heavy atom. The molecule has 1 atom stereocenters. The van der Waals surface area contributed by atoms with Gasteiger partial charge in [0.2, 0.25) is 5.91 Å². The first kappa shape index (κ1) is 14.6. The van der Waals surface area contributed by atoms with Gasteiger partial charge in [0.05, 0.1) is 14.2 Å². The Labute approximate surface area is 118 Å². The van der Waals surface area contributed by atoms with E-state index in [9.17, 15) is 4.79 Å². The highest BCUT2D eigenvalue weighted by atomic mass is 16.5. The third kappa shape index (κ3) is 3.02. The van der Waals surface area contributed by atoms with Crippen molar-refractivity contribution < 1.29 is 14.3 Å². The molecule has 110 valence electrons. The molecule has 0 aromatic heterocycles. The van der Waals surface area contributed by atoms with E-state index in [2.05, 4.69) is 10.2 Å². The average Bonchev–Trinajstić information content (AvgIpc) is 2.48. The van der Waals surface area contributed by atoms with Gasteiger partial charge in [-0.3, -0.25) is 9.69 Å². The third-order valence-electron chi connectivity index (χ3n) is 3.51. The van der Waals surface area contributed by atoms with Gasteiger partial charge in [-0.05, 0) is 17.7 Å². The fourth-order valence-corrected chi connectivity index (χ4v) is 2.52. The summed E-state index contributed by atoms with van der Waals surface area (Å²) in [6.07, 6.45) is 0. The molecule has 1 aliphatic rings. The molecule has 0 bridgehead atoms. The van der Waals surface area contributed by atoms with Crippen LogP contribution in [0.5, 0.6) is 11.5 Å². The molecule has 0 saturated carbocycles. The topological polar surface area (TPSA) is 76.8 Å². The molecule has 1 aromatic carbocycles. The zero-order valence-corrected chi connectivity index (χ0v) is 11.9. The molecule has 20 heavy (non-hydrogen) atoms. The third-order valence-corrected chi connectivity index (χ3v) is 3.51. The molecular weight excluding hydrogens is 258 g/mol. The number of carbonyl (C=O) groups excluding carboxylic acids is 1. The van der Waals surface area contributed by atoms with Crippen LogP contribution in [-0.4, -0.2) is 51.2 Å². The van der Waals surface area contributed by atoms with Gasteiger partial charge >= 0.3 is 0 Å². The van der Waals surface area contributed by atoms with Crippen molar-refractivity contribution in [1.82, 2.24) is 10.2 Å². The van der Waals surface area contributed by atoms with Gasteiger partial charge in [-0.15, -0.1) is 0 Å². The molecule has 3 N–H and O–H groups in total. The van der Waals surface area contributed by atoms with E-state index in [0.717, 1.165) is 31.7 Å². The predicted molar refractivity (Wildman–Crippen MR) is 75.9 cm³/mol. The number of hydrogen-bond acceptors (Lipinski definition) is 5. The lowest BCUT2D eigenvalue weighted by molar-refractivity contribution is -0.123. The van der Waals surface area contributed by atoms with Gasteiger partial charge in [-0.2, -0.15) is 0 Å². The molecule has 1 unspecified atom stereocenters. The molecular formula is C14H21N3O3. The largest absolute Gasteiger partial charge is 0.493 e. The van der Waals surface area contributed by atoms with Crippen molar-refractivity contribution in [1.29, 1.82) is 0 Å². The molecule has 0 radical (unpaired) electrons. The molecule has 0 spiro atoms. The van der Waals surface area contributed by atoms with E-state index >= 15 is 0 Å². The minimum absolute atomic E-state index is 0.348. The molecule has 1 saturated heterocycles. The Morgan fingerprint density at radius 3 is 2.45 bits per heavy atom. The summed E-state index contributed by atoms with van der Waals surface area (Å²) in [5.41, 5.74) is 6.42. The highest BCUT2D eigenvalue weighted by molar-refractivity contribution is 5.81. The maximum Gasteiger partial charge on any atom is 0.239 e. The summed E-state index contributed by atoms with van der Waals surface area (Å²) in [6, 6.07) is 5.04. The summed E-state index contributed by atoms with van der Waals surface area (Å²) >= 11 is 0. The minimum Gasteiger partial charge on any atom is -0.493 e. The average molecular weight is 279 g/mol. The molecule has 2 rings (SSSR count). The van der Waals surface area contributed by atoms with Crippen molar-refractivity contribution >= 4 is 5.91 Å². The Balaban J connectivity index is 2.31. The number of nitrogens with two attached hydrogens (primary N) is 1. The van der Waals surface area contributed by atoms with E-state index in [1.165, 1.54) is 0 Å². The number of ether oxygens (including phenoxy) is 2. The Kier molecular flexibility index (Phi) is 4.81. The molecule has 1 heterocycles. The smallest absolute Gasteiger partial charge is 0.239 e. The number of primary amides is 1. The first-order valence-electron chi connectivity index (χ1n) is 6.63. The molecule has 1 amide bonds. The lowest BCUT2D eigenvalue weighted by Gasteiger charge is -2.33. The standard InChI is InChI=1S/C14H21N3O3/c1-19-11-4-3-10(9-12(11)20-2)13(14(15)18)17-7-5-16-6-8-17/h3-4,9,13,16H,5-8H2,1-2H3,(H2,15,18). The number of methoxy groups -OCH3 is 2. The van der Waals surface area contributed by atoms with E-state index < -0.39 is 6.04 Å². The second kappa shape index (κ2) is 6.58. The highest BCUT2D eigenvalue weighted by Crippen LogP contribution is 2.31.